The van der Waals surface area contributed by atoms with Crippen LogP contribution in [0.2, 0.25) is 0 Å². The molecule has 0 heterocycles. The summed E-state index contributed by atoms with van der Waals surface area (Å²) in [5.41, 5.74) is 3.27. The summed E-state index contributed by atoms with van der Waals surface area (Å²) in [4.78, 5) is 12.1. The fourth-order valence-electron chi connectivity index (χ4n) is 3.05. The number of rotatable bonds is 6. The Balaban J connectivity index is 2.17. The van der Waals surface area contributed by atoms with Gasteiger partial charge in [0.1, 0.15) is 6.10 Å². The van der Waals surface area contributed by atoms with Crippen LogP contribution in [-0.4, -0.2) is 24.7 Å². The van der Waals surface area contributed by atoms with Gasteiger partial charge in [0.15, 0.2) is 0 Å². The Bertz CT molecular complexity index is 513. The average molecular weight is 305 g/mol. The van der Waals surface area contributed by atoms with Crippen molar-refractivity contribution >= 4 is 5.91 Å². The summed E-state index contributed by atoms with van der Waals surface area (Å²) in [5, 5.41) is 13.2. The number of fused-ring (bicyclic) bond motifs is 1. The molecule has 1 amide bonds. The summed E-state index contributed by atoms with van der Waals surface area (Å²) in [6.07, 6.45) is 3.01. The third kappa shape index (κ3) is 4.31. The van der Waals surface area contributed by atoms with Gasteiger partial charge in [-0.1, -0.05) is 32.0 Å². The Morgan fingerprint density at radius 3 is 2.91 bits per heavy atom. The zero-order valence-electron chi connectivity index (χ0n) is 13.8. The first kappa shape index (κ1) is 17.0. The number of hydrogen-bond acceptors (Lipinski definition) is 3. The lowest BCUT2D eigenvalue weighted by Gasteiger charge is -2.28. The topological polar surface area (TPSA) is 58.6 Å². The normalized spacial score (nSPS) is 18.9. The van der Waals surface area contributed by atoms with Crippen LogP contribution in [-0.2, 0) is 16.0 Å². The van der Waals surface area contributed by atoms with E-state index in [1.165, 1.54) is 5.56 Å². The Labute approximate surface area is 132 Å². The molecule has 4 nitrogen and oxygen atoms in total. The van der Waals surface area contributed by atoms with E-state index in [9.17, 15) is 9.90 Å². The number of carbonyl (C=O) groups excluding carboxylic acids is 1. The Morgan fingerprint density at radius 1 is 1.45 bits per heavy atom. The van der Waals surface area contributed by atoms with Gasteiger partial charge in [-0.2, -0.15) is 0 Å². The van der Waals surface area contributed by atoms with E-state index >= 15 is 0 Å². The molecule has 0 radical (unpaired) electrons. The van der Waals surface area contributed by atoms with Crippen LogP contribution >= 0.6 is 0 Å². The van der Waals surface area contributed by atoms with E-state index in [2.05, 4.69) is 11.4 Å². The molecule has 0 bridgehead atoms. The molecule has 0 fully saturated rings. The molecule has 1 aromatic rings. The van der Waals surface area contributed by atoms with Gasteiger partial charge in [0, 0.05) is 13.5 Å². The predicted molar refractivity (Wildman–Crippen MR) is 86.6 cm³/mol. The summed E-state index contributed by atoms with van der Waals surface area (Å²) in [6, 6.07) is 6.12. The number of carbonyl (C=O) groups is 1. The van der Waals surface area contributed by atoms with E-state index in [4.69, 9.17) is 4.74 Å². The third-order valence-electron chi connectivity index (χ3n) is 4.12. The number of aliphatic hydroxyl groups is 1. The molecule has 2 atom stereocenters. The maximum Gasteiger partial charge on any atom is 0.220 e. The molecule has 2 rings (SSSR count). The van der Waals surface area contributed by atoms with Gasteiger partial charge >= 0.3 is 0 Å². The number of hydrogen-bond donors (Lipinski definition) is 2. The van der Waals surface area contributed by atoms with Crippen molar-refractivity contribution in [1.29, 1.82) is 0 Å². The first-order chi connectivity index (χ1) is 10.5. The summed E-state index contributed by atoms with van der Waals surface area (Å²) >= 11 is 0. The third-order valence-corrected chi connectivity index (χ3v) is 4.12. The molecule has 4 heteroatoms. The van der Waals surface area contributed by atoms with E-state index < -0.39 is 6.10 Å². The van der Waals surface area contributed by atoms with Crippen molar-refractivity contribution in [2.75, 3.05) is 13.7 Å². The quantitative estimate of drug-likeness (QED) is 0.849. The number of ether oxygens (including phenoxy) is 1. The molecule has 0 aromatic heterocycles. The average Bonchev–Trinajstić information content (AvgIpc) is 2.46. The van der Waals surface area contributed by atoms with Crippen LogP contribution in [0.1, 0.15) is 61.9 Å². The summed E-state index contributed by atoms with van der Waals surface area (Å²) in [5.74, 6) is 0.466. The molecule has 122 valence electrons. The molecule has 2 N–H and O–H groups in total. The molecule has 0 saturated heterocycles. The molecule has 0 saturated carbocycles. The van der Waals surface area contributed by atoms with Gasteiger partial charge < -0.3 is 15.2 Å². The van der Waals surface area contributed by atoms with Gasteiger partial charge in [-0.05, 0) is 41.9 Å². The minimum absolute atomic E-state index is 0.0599. The van der Waals surface area contributed by atoms with Gasteiger partial charge in [-0.3, -0.25) is 4.79 Å². The fraction of sp³-hybridized carbons (Fsp3) is 0.611. The minimum atomic E-state index is -0.621. The number of amides is 1. The van der Waals surface area contributed by atoms with Crippen molar-refractivity contribution in [2.45, 2.75) is 51.7 Å². The SMILES string of the molecule is COCC(O)c1ccc2c(c1)C(NC(=O)CC(C)C)CCC2. The number of aliphatic hydroxyl groups excluding tert-OH is 1. The Hall–Kier alpha value is -1.39. The van der Waals surface area contributed by atoms with Crippen LogP contribution in [0.5, 0.6) is 0 Å². The van der Waals surface area contributed by atoms with Gasteiger partial charge in [0.25, 0.3) is 0 Å². The highest BCUT2D eigenvalue weighted by Crippen LogP contribution is 2.32. The zero-order chi connectivity index (χ0) is 16.1. The Kier molecular flexibility index (Phi) is 5.98. The molecule has 0 aliphatic heterocycles. The van der Waals surface area contributed by atoms with E-state index in [1.807, 2.05) is 26.0 Å². The van der Waals surface area contributed by atoms with Crippen LogP contribution in [0.25, 0.3) is 0 Å². The van der Waals surface area contributed by atoms with Crippen molar-refractivity contribution in [3.63, 3.8) is 0 Å². The summed E-state index contributed by atoms with van der Waals surface area (Å²) in [6.45, 7) is 4.38. The van der Waals surface area contributed by atoms with Crippen LogP contribution in [0.4, 0.5) is 0 Å². The van der Waals surface area contributed by atoms with Crippen LogP contribution in [0.3, 0.4) is 0 Å². The highest BCUT2D eigenvalue weighted by molar-refractivity contribution is 5.76. The standard InChI is InChI=1S/C18H27NO3/c1-12(2)9-18(21)19-16-6-4-5-13-7-8-14(10-15(13)16)17(20)11-22-3/h7-8,10,12,16-17,20H,4-6,9,11H2,1-3H3,(H,19,21). The van der Waals surface area contributed by atoms with Gasteiger partial charge in [0.05, 0.1) is 12.6 Å². The van der Waals surface area contributed by atoms with Crippen molar-refractivity contribution in [3.05, 3.63) is 34.9 Å². The number of nitrogens with one attached hydrogen (secondary N) is 1. The highest BCUT2D eigenvalue weighted by Gasteiger charge is 2.23. The molecule has 22 heavy (non-hydrogen) atoms. The lowest BCUT2D eigenvalue weighted by Crippen LogP contribution is -2.31. The predicted octanol–water partition coefficient (Wildman–Crippen LogP) is 2.91. The van der Waals surface area contributed by atoms with Crippen molar-refractivity contribution < 1.29 is 14.6 Å². The van der Waals surface area contributed by atoms with E-state index in [0.29, 0.717) is 12.3 Å². The van der Waals surface area contributed by atoms with Crippen LogP contribution in [0, 0.1) is 5.92 Å². The Morgan fingerprint density at radius 2 is 2.23 bits per heavy atom. The molecule has 1 aliphatic rings. The number of aryl methyl sites for hydroxylation is 1. The van der Waals surface area contributed by atoms with E-state index in [-0.39, 0.29) is 18.6 Å². The highest BCUT2D eigenvalue weighted by atomic mass is 16.5. The van der Waals surface area contributed by atoms with Crippen molar-refractivity contribution in [1.82, 2.24) is 5.32 Å². The first-order valence-corrected chi connectivity index (χ1v) is 8.10. The minimum Gasteiger partial charge on any atom is -0.386 e. The summed E-state index contributed by atoms with van der Waals surface area (Å²) in [7, 11) is 1.58. The second-order valence-electron chi connectivity index (χ2n) is 6.54. The van der Waals surface area contributed by atoms with Crippen LogP contribution in [0.15, 0.2) is 18.2 Å². The van der Waals surface area contributed by atoms with E-state index in [1.54, 1.807) is 7.11 Å². The van der Waals surface area contributed by atoms with Gasteiger partial charge in [0.2, 0.25) is 5.91 Å². The maximum absolute atomic E-state index is 12.1. The zero-order valence-corrected chi connectivity index (χ0v) is 13.8. The molecular formula is C18H27NO3. The lowest BCUT2D eigenvalue weighted by atomic mass is 9.85. The largest absolute Gasteiger partial charge is 0.386 e. The molecule has 0 spiro atoms. The number of benzene rings is 1. The van der Waals surface area contributed by atoms with Crippen molar-refractivity contribution in [2.24, 2.45) is 5.92 Å². The molecule has 1 aromatic carbocycles. The first-order valence-electron chi connectivity index (χ1n) is 8.10. The van der Waals surface area contributed by atoms with Crippen molar-refractivity contribution in [3.8, 4) is 0 Å². The summed E-state index contributed by atoms with van der Waals surface area (Å²) < 4.78 is 5.02. The van der Waals surface area contributed by atoms with Gasteiger partial charge in [-0.25, -0.2) is 0 Å². The lowest BCUT2D eigenvalue weighted by molar-refractivity contribution is -0.122. The van der Waals surface area contributed by atoms with Crippen LogP contribution < -0.4 is 5.32 Å². The number of methoxy groups -OCH3 is 1. The van der Waals surface area contributed by atoms with Gasteiger partial charge in [-0.15, -0.1) is 0 Å². The fourth-order valence-corrected chi connectivity index (χ4v) is 3.05. The van der Waals surface area contributed by atoms with E-state index in [0.717, 1.165) is 30.4 Å². The smallest absolute Gasteiger partial charge is 0.220 e. The maximum atomic E-state index is 12.1. The monoisotopic (exact) mass is 305 g/mol. The molecule has 1 aliphatic carbocycles. The second-order valence-corrected chi connectivity index (χ2v) is 6.54. The second kappa shape index (κ2) is 7.75. The molecule has 2 unspecified atom stereocenters. The molecular weight excluding hydrogens is 278 g/mol.